The average Bonchev–Trinajstić information content (AvgIpc) is 1.98. The van der Waals surface area contributed by atoms with Crippen molar-refractivity contribution in [2.45, 2.75) is 0 Å². The zero-order valence-corrected chi connectivity index (χ0v) is 5.89. The van der Waals surface area contributed by atoms with Crippen LogP contribution in [0.2, 0.25) is 0 Å². The second-order valence-corrected chi connectivity index (χ2v) is 3.09. The molecule has 0 aromatic carbocycles. The molecular formula is C4H5ClFNS. The third kappa shape index (κ3) is 0.928. The normalized spacial score (nSPS) is 20.6. The summed E-state index contributed by atoms with van der Waals surface area (Å²) in [6.07, 6.45) is 0. The van der Waals surface area contributed by atoms with Crippen LogP contribution in [0.4, 0.5) is 4.39 Å². The van der Waals surface area contributed by atoms with Gasteiger partial charge in [0.25, 0.3) is 0 Å². The maximum absolute atomic E-state index is 12.4. The van der Waals surface area contributed by atoms with Crippen LogP contribution in [0.5, 0.6) is 0 Å². The van der Waals surface area contributed by atoms with Crippen LogP contribution in [0.15, 0.2) is 10.3 Å². The number of rotatable bonds is 0. The first-order valence-electron chi connectivity index (χ1n) is 2.11. The maximum Gasteiger partial charge on any atom is 0.215 e. The fraction of sp³-hybridized carbons (Fsp3) is 0.500. The first-order chi connectivity index (χ1) is 3.72. The van der Waals surface area contributed by atoms with E-state index in [1.807, 2.05) is 0 Å². The van der Waals surface area contributed by atoms with Gasteiger partial charge in [0, 0.05) is 7.05 Å². The Labute approximate surface area is 56.5 Å². The van der Waals surface area contributed by atoms with Crippen LogP contribution in [0.3, 0.4) is 0 Å². The van der Waals surface area contributed by atoms with Gasteiger partial charge in [-0.1, -0.05) is 23.4 Å². The lowest BCUT2D eigenvalue weighted by molar-refractivity contribution is 0.371. The van der Waals surface area contributed by atoms with Crippen molar-refractivity contribution in [2.24, 2.45) is 0 Å². The summed E-state index contributed by atoms with van der Waals surface area (Å²) in [5.41, 5.74) is 0. The van der Waals surface area contributed by atoms with E-state index in [2.05, 4.69) is 0 Å². The summed E-state index contributed by atoms with van der Waals surface area (Å²) in [4.78, 5) is 1.47. The van der Waals surface area contributed by atoms with Gasteiger partial charge in [0.05, 0.1) is 5.88 Å². The van der Waals surface area contributed by atoms with Gasteiger partial charge in [0.2, 0.25) is 5.95 Å². The largest absolute Gasteiger partial charge is 0.340 e. The minimum absolute atomic E-state index is 0.271. The van der Waals surface area contributed by atoms with Gasteiger partial charge in [-0.15, -0.1) is 0 Å². The van der Waals surface area contributed by atoms with Gasteiger partial charge < -0.3 is 4.90 Å². The van der Waals surface area contributed by atoms with Crippen molar-refractivity contribution in [1.82, 2.24) is 4.90 Å². The minimum Gasteiger partial charge on any atom is -0.340 e. The highest BCUT2D eigenvalue weighted by molar-refractivity contribution is 8.04. The summed E-state index contributed by atoms with van der Waals surface area (Å²) in [6.45, 7) is 0. The van der Waals surface area contributed by atoms with Crippen LogP contribution in [-0.4, -0.2) is 17.8 Å². The maximum atomic E-state index is 12.4. The molecule has 0 amide bonds. The molecule has 0 saturated heterocycles. The number of hydrogen-bond donors (Lipinski definition) is 0. The van der Waals surface area contributed by atoms with E-state index in [1.165, 1.54) is 16.7 Å². The van der Waals surface area contributed by atoms with E-state index < -0.39 is 0 Å². The van der Waals surface area contributed by atoms with Gasteiger partial charge in [-0.3, -0.25) is 0 Å². The molecule has 0 radical (unpaired) electrons. The second-order valence-electron chi connectivity index (χ2n) is 1.54. The predicted octanol–water partition coefficient (Wildman–Crippen LogP) is 1.96. The Balaban J connectivity index is 2.71. The molecule has 0 aromatic heterocycles. The van der Waals surface area contributed by atoms with Gasteiger partial charge in [0.15, 0.2) is 0 Å². The average molecular weight is 154 g/mol. The summed E-state index contributed by atoms with van der Waals surface area (Å²) in [7, 11) is 1.66. The molecule has 1 aliphatic heterocycles. The van der Waals surface area contributed by atoms with Gasteiger partial charge >= 0.3 is 0 Å². The van der Waals surface area contributed by atoms with E-state index >= 15 is 0 Å². The fourth-order valence-corrected chi connectivity index (χ4v) is 1.41. The third-order valence-corrected chi connectivity index (χ3v) is 2.30. The zero-order valence-electron chi connectivity index (χ0n) is 4.32. The van der Waals surface area contributed by atoms with Crippen LogP contribution >= 0.6 is 23.4 Å². The lowest BCUT2D eigenvalue weighted by Gasteiger charge is -2.04. The molecule has 8 heavy (non-hydrogen) atoms. The van der Waals surface area contributed by atoms with Gasteiger partial charge in [-0.2, -0.15) is 4.39 Å². The van der Waals surface area contributed by atoms with E-state index in [4.69, 9.17) is 11.6 Å². The Bertz CT molecular complexity index is 136. The minimum atomic E-state index is -0.309. The quantitative estimate of drug-likeness (QED) is 0.490. The SMILES string of the molecule is CN1CSC(Cl)=C1F. The van der Waals surface area contributed by atoms with Gasteiger partial charge in [-0.05, 0) is 0 Å². The highest BCUT2D eigenvalue weighted by atomic mass is 35.5. The molecule has 4 heteroatoms. The topological polar surface area (TPSA) is 3.24 Å². The molecule has 46 valence electrons. The molecule has 0 aromatic rings. The van der Waals surface area contributed by atoms with E-state index in [9.17, 15) is 4.39 Å². The van der Waals surface area contributed by atoms with Crippen molar-refractivity contribution in [3.05, 3.63) is 10.3 Å². The Morgan fingerprint density at radius 1 is 1.88 bits per heavy atom. The first-order valence-corrected chi connectivity index (χ1v) is 3.47. The number of nitrogens with zero attached hydrogens (tertiary/aromatic N) is 1. The van der Waals surface area contributed by atoms with E-state index in [0.717, 1.165) is 0 Å². The zero-order chi connectivity index (χ0) is 6.15. The molecule has 0 unspecified atom stereocenters. The van der Waals surface area contributed by atoms with Crippen molar-refractivity contribution >= 4 is 23.4 Å². The van der Waals surface area contributed by atoms with Crippen LogP contribution < -0.4 is 0 Å². The van der Waals surface area contributed by atoms with Gasteiger partial charge in [0.1, 0.15) is 4.36 Å². The molecule has 0 saturated carbocycles. The summed E-state index contributed by atoms with van der Waals surface area (Å²) in [5, 5.41) is 0. The summed E-state index contributed by atoms with van der Waals surface area (Å²) in [6, 6.07) is 0. The molecule has 0 aliphatic carbocycles. The first kappa shape index (κ1) is 6.23. The van der Waals surface area contributed by atoms with E-state index in [0.29, 0.717) is 5.88 Å². The highest BCUT2D eigenvalue weighted by Gasteiger charge is 2.17. The predicted molar refractivity (Wildman–Crippen MR) is 34.2 cm³/mol. The van der Waals surface area contributed by atoms with Crippen LogP contribution in [0, 0.1) is 0 Å². The van der Waals surface area contributed by atoms with Crippen LogP contribution in [0.1, 0.15) is 0 Å². The van der Waals surface area contributed by atoms with Crippen molar-refractivity contribution in [2.75, 3.05) is 12.9 Å². The highest BCUT2D eigenvalue weighted by Crippen LogP contribution is 2.33. The molecule has 1 aliphatic rings. The van der Waals surface area contributed by atoms with Crippen molar-refractivity contribution in [3.63, 3.8) is 0 Å². The Hall–Kier alpha value is 0.110. The van der Waals surface area contributed by atoms with Gasteiger partial charge in [-0.25, -0.2) is 0 Å². The molecule has 0 fully saturated rings. The number of halogens is 2. The second kappa shape index (κ2) is 2.15. The molecule has 0 atom stereocenters. The standard InChI is InChI=1S/C4H5ClFNS/c1-7-2-8-3(5)4(7)6/h2H2,1H3. The Morgan fingerprint density at radius 3 is 2.62 bits per heavy atom. The molecular weight excluding hydrogens is 149 g/mol. The molecule has 1 rings (SSSR count). The Kier molecular flexibility index (Phi) is 1.68. The van der Waals surface area contributed by atoms with Crippen molar-refractivity contribution in [3.8, 4) is 0 Å². The number of hydrogen-bond acceptors (Lipinski definition) is 2. The third-order valence-electron chi connectivity index (χ3n) is 0.882. The molecule has 0 bridgehead atoms. The van der Waals surface area contributed by atoms with Crippen LogP contribution in [0.25, 0.3) is 0 Å². The Morgan fingerprint density at radius 2 is 2.50 bits per heavy atom. The summed E-state index contributed by atoms with van der Waals surface area (Å²) in [5.74, 6) is 0.321. The lowest BCUT2D eigenvalue weighted by Crippen LogP contribution is -2.08. The van der Waals surface area contributed by atoms with E-state index in [1.54, 1.807) is 7.05 Å². The van der Waals surface area contributed by atoms with Crippen LogP contribution in [-0.2, 0) is 0 Å². The molecule has 1 heterocycles. The smallest absolute Gasteiger partial charge is 0.215 e. The summed E-state index contributed by atoms with van der Waals surface area (Å²) >= 11 is 6.69. The molecule has 1 nitrogen and oxygen atoms in total. The van der Waals surface area contributed by atoms with Crippen molar-refractivity contribution < 1.29 is 4.39 Å². The van der Waals surface area contributed by atoms with Crippen molar-refractivity contribution in [1.29, 1.82) is 0 Å². The summed E-state index contributed by atoms with van der Waals surface area (Å²) < 4.78 is 12.6. The number of thioether (sulfide) groups is 1. The molecule has 0 spiro atoms. The van der Waals surface area contributed by atoms with E-state index in [-0.39, 0.29) is 10.3 Å². The fourth-order valence-electron chi connectivity index (χ4n) is 0.420. The lowest BCUT2D eigenvalue weighted by atomic mass is 10.8. The molecule has 0 N–H and O–H groups in total. The monoisotopic (exact) mass is 153 g/mol.